The highest BCUT2D eigenvalue weighted by atomic mass is 16.5. The second kappa shape index (κ2) is 7.92. The number of aryl methyl sites for hydroxylation is 1. The highest BCUT2D eigenvalue weighted by Gasteiger charge is 2.27. The lowest BCUT2D eigenvalue weighted by atomic mass is 10.2. The van der Waals surface area contributed by atoms with Crippen LogP contribution >= 0.6 is 0 Å². The van der Waals surface area contributed by atoms with Crippen molar-refractivity contribution >= 4 is 5.91 Å². The third kappa shape index (κ3) is 4.11. The van der Waals surface area contributed by atoms with Gasteiger partial charge in [0.05, 0.1) is 19.8 Å². The molecule has 0 saturated carbocycles. The molecule has 24 heavy (non-hydrogen) atoms. The Balaban J connectivity index is 1.44. The first-order valence-corrected chi connectivity index (χ1v) is 8.15. The molecule has 7 heteroatoms. The van der Waals surface area contributed by atoms with E-state index in [0.29, 0.717) is 39.1 Å². The molecule has 1 aromatic heterocycles. The number of para-hydroxylation sites is 1. The van der Waals surface area contributed by atoms with Gasteiger partial charge in [-0.1, -0.05) is 18.2 Å². The monoisotopic (exact) mass is 330 g/mol. The second-order valence-electron chi connectivity index (χ2n) is 5.76. The first-order chi connectivity index (χ1) is 11.7. The van der Waals surface area contributed by atoms with Crippen molar-refractivity contribution in [3.8, 4) is 5.75 Å². The lowest BCUT2D eigenvalue weighted by Crippen LogP contribution is -2.42. The molecule has 1 amide bonds. The van der Waals surface area contributed by atoms with Gasteiger partial charge >= 0.3 is 0 Å². The summed E-state index contributed by atoms with van der Waals surface area (Å²) in [4.78, 5) is 14.2. The van der Waals surface area contributed by atoms with Crippen LogP contribution in [0, 0.1) is 0 Å². The fourth-order valence-corrected chi connectivity index (χ4v) is 2.70. The molecule has 2 heterocycles. The van der Waals surface area contributed by atoms with Crippen molar-refractivity contribution in [2.75, 3.05) is 26.3 Å². The Kier molecular flexibility index (Phi) is 5.43. The molecule has 0 spiro atoms. The first kappa shape index (κ1) is 16.4. The maximum atomic E-state index is 12.4. The molecule has 0 N–H and O–H groups in total. The van der Waals surface area contributed by atoms with Crippen LogP contribution < -0.4 is 4.74 Å². The molecule has 0 aliphatic carbocycles. The number of hydrogen-bond acceptors (Lipinski definition) is 5. The van der Waals surface area contributed by atoms with Crippen LogP contribution in [-0.4, -0.2) is 51.9 Å². The summed E-state index contributed by atoms with van der Waals surface area (Å²) < 4.78 is 13.2. The summed E-state index contributed by atoms with van der Waals surface area (Å²) in [6.07, 6.45) is 2.59. The van der Waals surface area contributed by atoms with Gasteiger partial charge < -0.3 is 18.9 Å². The molecule has 0 bridgehead atoms. The van der Waals surface area contributed by atoms with Crippen molar-refractivity contribution in [3.63, 3.8) is 0 Å². The Bertz CT molecular complexity index is 659. The van der Waals surface area contributed by atoms with E-state index in [9.17, 15) is 4.79 Å². The van der Waals surface area contributed by atoms with Crippen molar-refractivity contribution in [2.45, 2.75) is 18.9 Å². The highest BCUT2D eigenvalue weighted by Crippen LogP contribution is 2.20. The van der Waals surface area contributed by atoms with E-state index in [1.807, 2.05) is 46.8 Å². The minimum absolute atomic E-state index is 0.127. The number of carbonyl (C=O) groups is 1. The van der Waals surface area contributed by atoms with Gasteiger partial charge in [0, 0.05) is 20.0 Å². The van der Waals surface area contributed by atoms with E-state index in [-0.39, 0.29) is 12.0 Å². The molecular weight excluding hydrogens is 308 g/mol. The molecule has 2 aromatic rings. The van der Waals surface area contributed by atoms with Gasteiger partial charge in [-0.15, -0.1) is 10.2 Å². The summed E-state index contributed by atoms with van der Waals surface area (Å²) in [6.45, 7) is 2.19. The van der Waals surface area contributed by atoms with Crippen LogP contribution in [0.1, 0.15) is 24.8 Å². The number of hydrogen-bond donors (Lipinski definition) is 0. The number of ether oxygens (including phenoxy) is 2. The molecule has 3 rings (SSSR count). The SMILES string of the molecule is Cn1cnnc1[C@@H]1CN(C(=O)CCCOc2ccccc2)CCO1. The molecule has 1 atom stereocenters. The minimum Gasteiger partial charge on any atom is -0.494 e. The van der Waals surface area contributed by atoms with E-state index in [1.165, 1.54) is 0 Å². The summed E-state index contributed by atoms with van der Waals surface area (Å²) in [5.74, 6) is 1.71. The number of amides is 1. The zero-order valence-electron chi connectivity index (χ0n) is 13.8. The quantitative estimate of drug-likeness (QED) is 0.752. The smallest absolute Gasteiger partial charge is 0.222 e. The van der Waals surface area contributed by atoms with Crippen molar-refractivity contribution in [3.05, 3.63) is 42.5 Å². The molecule has 1 fully saturated rings. The van der Waals surface area contributed by atoms with E-state index < -0.39 is 0 Å². The van der Waals surface area contributed by atoms with Gasteiger partial charge in [0.15, 0.2) is 5.82 Å². The number of morpholine rings is 1. The molecule has 7 nitrogen and oxygen atoms in total. The van der Waals surface area contributed by atoms with E-state index in [0.717, 1.165) is 11.6 Å². The van der Waals surface area contributed by atoms with Crippen LogP contribution in [-0.2, 0) is 16.6 Å². The molecular formula is C17H22N4O3. The minimum atomic E-state index is -0.212. The predicted molar refractivity (Wildman–Crippen MR) is 87.4 cm³/mol. The van der Waals surface area contributed by atoms with E-state index in [4.69, 9.17) is 9.47 Å². The number of aromatic nitrogens is 3. The number of rotatable bonds is 6. The fourth-order valence-electron chi connectivity index (χ4n) is 2.70. The van der Waals surface area contributed by atoms with Crippen molar-refractivity contribution in [1.82, 2.24) is 19.7 Å². The average molecular weight is 330 g/mol. The number of nitrogens with zero attached hydrogens (tertiary/aromatic N) is 4. The maximum absolute atomic E-state index is 12.4. The second-order valence-corrected chi connectivity index (χ2v) is 5.76. The lowest BCUT2D eigenvalue weighted by Gasteiger charge is -2.32. The topological polar surface area (TPSA) is 69.5 Å². The van der Waals surface area contributed by atoms with Gasteiger partial charge in [-0.2, -0.15) is 0 Å². The van der Waals surface area contributed by atoms with Crippen LogP contribution in [0.25, 0.3) is 0 Å². The van der Waals surface area contributed by atoms with Gasteiger partial charge in [0.25, 0.3) is 0 Å². The Morgan fingerprint density at radius 1 is 1.38 bits per heavy atom. The molecule has 0 radical (unpaired) electrons. The lowest BCUT2D eigenvalue weighted by molar-refractivity contribution is -0.139. The first-order valence-electron chi connectivity index (χ1n) is 8.15. The van der Waals surface area contributed by atoms with E-state index in [2.05, 4.69) is 10.2 Å². The van der Waals surface area contributed by atoms with Crippen molar-refractivity contribution in [1.29, 1.82) is 0 Å². The van der Waals surface area contributed by atoms with Gasteiger partial charge in [-0.3, -0.25) is 4.79 Å². The van der Waals surface area contributed by atoms with Crippen LogP contribution in [0.3, 0.4) is 0 Å². The predicted octanol–water partition coefficient (Wildman–Crippen LogP) is 1.57. The van der Waals surface area contributed by atoms with Gasteiger partial charge in [-0.05, 0) is 18.6 Å². The molecule has 1 saturated heterocycles. The molecule has 128 valence electrons. The summed E-state index contributed by atoms with van der Waals surface area (Å²) in [7, 11) is 1.88. The van der Waals surface area contributed by atoms with E-state index in [1.54, 1.807) is 6.33 Å². The Hall–Kier alpha value is -2.41. The Labute approximate surface area is 141 Å². The van der Waals surface area contributed by atoms with Crippen LogP contribution in [0.4, 0.5) is 0 Å². The Morgan fingerprint density at radius 3 is 2.96 bits per heavy atom. The summed E-state index contributed by atoms with van der Waals surface area (Å²) in [5, 5.41) is 7.94. The van der Waals surface area contributed by atoms with Crippen LogP contribution in [0.2, 0.25) is 0 Å². The molecule has 1 aliphatic rings. The third-order valence-electron chi connectivity index (χ3n) is 4.00. The normalized spacial score (nSPS) is 17.7. The van der Waals surface area contributed by atoms with E-state index >= 15 is 0 Å². The van der Waals surface area contributed by atoms with Gasteiger partial charge in [-0.25, -0.2) is 0 Å². The van der Waals surface area contributed by atoms with Crippen molar-refractivity contribution < 1.29 is 14.3 Å². The number of carbonyl (C=O) groups excluding carboxylic acids is 1. The maximum Gasteiger partial charge on any atom is 0.222 e. The standard InChI is InChI=1S/C17H22N4O3/c1-20-13-18-19-17(20)15-12-21(9-11-24-15)16(22)8-5-10-23-14-6-3-2-4-7-14/h2-4,6-7,13,15H,5,8-12H2,1H3/t15-/m0/s1. The van der Waals surface area contributed by atoms with Gasteiger partial charge in [0.1, 0.15) is 18.2 Å². The largest absolute Gasteiger partial charge is 0.494 e. The molecule has 1 aromatic carbocycles. The van der Waals surface area contributed by atoms with Crippen molar-refractivity contribution in [2.24, 2.45) is 7.05 Å². The molecule has 0 unspecified atom stereocenters. The summed E-state index contributed by atoms with van der Waals surface area (Å²) >= 11 is 0. The highest BCUT2D eigenvalue weighted by molar-refractivity contribution is 5.76. The fraction of sp³-hybridized carbons (Fsp3) is 0.471. The number of benzene rings is 1. The Morgan fingerprint density at radius 2 is 2.21 bits per heavy atom. The summed E-state index contributed by atoms with van der Waals surface area (Å²) in [5.41, 5.74) is 0. The average Bonchev–Trinajstić information content (AvgIpc) is 3.05. The van der Waals surface area contributed by atoms with Crippen LogP contribution in [0.15, 0.2) is 36.7 Å². The third-order valence-corrected chi connectivity index (χ3v) is 4.00. The van der Waals surface area contributed by atoms with Gasteiger partial charge in [0.2, 0.25) is 5.91 Å². The summed E-state index contributed by atoms with van der Waals surface area (Å²) in [6, 6.07) is 9.63. The zero-order chi connectivity index (χ0) is 16.8. The zero-order valence-corrected chi connectivity index (χ0v) is 13.8. The molecule has 1 aliphatic heterocycles. The van der Waals surface area contributed by atoms with Crippen LogP contribution in [0.5, 0.6) is 5.75 Å².